The smallest absolute Gasteiger partial charge is 0.339 e. The Kier molecular flexibility index (Phi) is 4.44. The first kappa shape index (κ1) is 13.2. The van der Waals surface area contributed by atoms with Gasteiger partial charge in [0.25, 0.3) is 0 Å². The molecule has 1 atom stereocenters. The van der Waals surface area contributed by atoms with E-state index >= 15 is 0 Å². The van der Waals surface area contributed by atoms with Crippen molar-refractivity contribution in [3.05, 3.63) is 28.8 Å². The molecule has 98 valence electrons. The summed E-state index contributed by atoms with van der Waals surface area (Å²) in [6, 6.07) is 5.29. The van der Waals surface area contributed by atoms with Gasteiger partial charge in [0.15, 0.2) is 0 Å². The van der Waals surface area contributed by atoms with Gasteiger partial charge in [-0.25, -0.2) is 4.79 Å². The Balaban J connectivity index is 2.18. The third-order valence-corrected chi connectivity index (χ3v) is 3.14. The molecule has 0 radical (unpaired) electrons. The maximum atomic E-state index is 11.7. The van der Waals surface area contributed by atoms with Crippen LogP contribution in [0, 0.1) is 0 Å². The first-order valence-corrected chi connectivity index (χ1v) is 6.30. The summed E-state index contributed by atoms with van der Waals surface area (Å²) in [6.07, 6.45) is 2.04. The molecule has 0 aromatic heterocycles. The van der Waals surface area contributed by atoms with Gasteiger partial charge in [-0.1, -0.05) is 11.6 Å². The third kappa shape index (κ3) is 3.15. The molecule has 1 aromatic carbocycles. The number of carbonyl (C=O) groups is 1. The molecular formula is C13H16ClNO3. The fourth-order valence-corrected chi connectivity index (χ4v) is 2.17. The van der Waals surface area contributed by atoms with Gasteiger partial charge < -0.3 is 14.8 Å². The van der Waals surface area contributed by atoms with Crippen LogP contribution in [0.1, 0.15) is 23.2 Å². The molecule has 0 spiro atoms. The molecule has 1 unspecified atom stereocenters. The number of nitrogens with one attached hydrogen (secondary N) is 1. The molecule has 0 aliphatic carbocycles. The molecule has 1 fully saturated rings. The van der Waals surface area contributed by atoms with Crippen molar-refractivity contribution in [2.24, 2.45) is 0 Å². The highest BCUT2D eigenvalue weighted by molar-refractivity contribution is 6.31. The van der Waals surface area contributed by atoms with Crippen molar-refractivity contribution < 1.29 is 14.3 Å². The molecule has 0 bridgehead atoms. The minimum atomic E-state index is -0.370. The second kappa shape index (κ2) is 6.07. The van der Waals surface area contributed by atoms with E-state index in [4.69, 9.17) is 21.1 Å². The number of esters is 1. The number of rotatable bonds is 3. The van der Waals surface area contributed by atoms with Crippen LogP contribution < -0.4 is 5.32 Å². The van der Waals surface area contributed by atoms with Crippen molar-refractivity contribution in [3.8, 4) is 0 Å². The maximum Gasteiger partial charge on any atom is 0.339 e. The Bertz CT molecular complexity index is 430. The van der Waals surface area contributed by atoms with Gasteiger partial charge in [-0.2, -0.15) is 0 Å². The molecule has 1 heterocycles. The van der Waals surface area contributed by atoms with Gasteiger partial charge in [-0.05, 0) is 31.0 Å². The van der Waals surface area contributed by atoms with E-state index in [-0.39, 0.29) is 12.0 Å². The number of benzene rings is 1. The van der Waals surface area contributed by atoms with Crippen LogP contribution in [0.3, 0.4) is 0 Å². The van der Waals surface area contributed by atoms with Crippen molar-refractivity contribution in [3.63, 3.8) is 0 Å². The van der Waals surface area contributed by atoms with Gasteiger partial charge in [0.2, 0.25) is 0 Å². The van der Waals surface area contributed by atoms with Crippen LogP contribution in [0.4, 0.5) is 5.69 Å². The molecule has 18 heavy (non-hydrogen) atoms. The van der Waals surface area contributed by atoms with Crippen LogP contribution in [0.25, 0.3) is 0 Å². The van der Waals surface area contributed by atoms with Crippen molar-refractivity contribution in [2.45, 2.75) is 18.9 Å². The average Bonchev–Trinajstić information content (AvgIpc) is 2.39. The van der Waals surface area contributed by atoms with Crippen LogP contribution in [-0.4, -0.2) is 32.3 Å². The Morgan fingerprint density at radius 2 is 2.39 bits per heavy atom. The minimum absolute atomic E-state index is 0.209. The number of hydrogen-bond donors (Lipinski definition) is 1. The van der Waals surface area contributed by atoms with Gasteiger partial charge in [0, 0.05) is 17.7 Å². The molecule has 1 aromatic rings. The van der Waals surface area contributed by atoms with Crippen LogP contribution in [0.15, 0.2) is 18.2 Å². The van der Waals surface area contributed by atoms with E-state index in [2.05, 4.69) is 5.32 Å². The first-order valence-electron chi connectivity index (χ1n) is 5.93. The molecule has 5 heteroatoms. The van der Waals surface area contributed by atoms with Crippen molar-refractivity contribution in [1.29, 1.82) is 0 Å². The van der Waals surface area contributed by atoms with Crippen LogP contribution in [0.5, 0.6) is 0 Å². The second-order valence-corrected chi connectivity index (χ2v) is 4.68. The maximum absolute atomic E-state index is 11.7. The lowest BCUT2D eigenvalue weighted by atomic mass is 10.1. The van der Waals surface area contributed by atoms with Crippen molar-refractivity contribution in [2.75, 3.05) is 25.6 Å². The molecule has 1 saturated heterocycles. The van der Waals surface area contributed by atoms with Crippen LogP contribution >= 0.6 is 11.6 Å². The lowest BCUT2D eigenvalue weighted by molar-refractivity contribution is 0.0601. The summed E-state index contributed by atoms with van der Waals surface area (Å²) in [5, 5.41) is 3.88. The van der Waals surface area contributed by atoms with E-state index in [0.717, 1.165) is 19.4 Å². The van der Waals surface area contributed by atoms with Gasteiger partial charge in [-0.15, -0.1) is 0 Å². The highest BCUT2D eigenvalue weighted by Crippen LogP contribution is 2.24. The normalized spacial score (nSPS) is 19.3. The molecule has 0 amide bonds. The summed E-state index contributed by atoms with van der Waals surface area (Å²) < 4.78 is 10.2. The fraction of sp³-hybridized carbons (Fsp3) is 0.462. The minimum Gasteiger partial charge on any atom is -0.465 e. The van der Waals surface area contributed by atoms with E-state index in [1.165, 1.54) is 7.11 Å². The van der Waals surface area contributed by atoms with E-state index in [0.29, 0.717) is 22.9 Å². The van der Waals surface area contributed by atoms with Crippen LogP contribution in [-0.2, 0) is 9.47 Å². The molecule has 0 saturated carbocycles. The lowest BCUT2D eigenvalue weighted by Gasteiger charge is -2.25. The zero-order chi connectivity index (χ0) is 13.0. The monoisotopic (exact) mass is 269 g/mol. The summed E-state index contributed by atoms with van der Waals surface area (Å²) >= 11 is 5.96. The Labute approximate surface area is 111 Å². The summed E-state index contributed by atoms with van der Waals surface area (Å²) in [4.78, 5) is 11.7. The highest BCUT2D eigenvalue weighted by atomic mass is 35.5. The largest absolute Gasteiger partial charge is 0.465 e. The van der Waals surface area contributed by atoms with E-state index < -0.39 is 0 Å². The number of halogens is 1. The Hall–Kier alpha value is -1.26. The van der Waals surface area contributed by atoms with Crippen molar-refractivity contribution >= 4 is 23.3 Å². The number of methoxy groups -OCH3 is 1. The quantitative estimate of drug-likeness (QED) is 0.857. The van der Waals surface area contributed by atoms with Gasteiger partial charge in [0.05, 0.1) is 25.0 Å². The van der Waals surface area contributed by atoms with Crippen LogP contribution in [0.2, 0.25) is 5.02 Å². The Morgan fingerprint density at radius 1 is 1.56 bits per heavy atom. The van der Waals surface area contributed by atoms with Gasteiger partial charge in [0.1, 0.15) is 0 Å². The third-order valence-electron chi connectivity index (χ3n) is 2.91. The SMILES string of the molecule is COC(=O)c1ccc(Cl)cc1NC1CCCOC1. The predicted octanol–water partition coefficient (Wildman–Crippen LogP) is 2.72. The number of anilines is 1. The van der Waals surface area contributed by atoms with Gasteiger partial charge >= 0.3 is 5.97 Å². The first-order chi connectivity index (χ1) is 8.70. The molecular weight excluding hydrogens is 254 g/mol. The summed E-state index contributed by atoms with van der Waals surface area (Å²) in [5.74, 6) is -0.370. The van der Waals surface area contributed by atoms with E-state index in [1.54, 1.807) is 18.2 Å². The zero-order valence-electron chi connectivity index (χ0n) is 10.2. The van der Waals surface area contributed by atoms with Crippen molar-refractivity contribution in [1.82, 2.24) is 0 Å². The highest BCUT2D eigenvalue weighted by Gasteiger charge is 2.18. The molecule has 1 aliphatic heterocycles. The molecule has 1 aliphatic rings. The van der Waals surface area contributed by atoms with E-state index in [1.807, 2.05) is 0 Å². The second-order valence-electron chi connectivity index (χ2n) is 4.24. The Morgan fingerprint density at radius 3 is 3.06 bits per heavy atom. The summed E-state index contributed by atoms with van der Waals surface area (Å²) in [7, 11) is 1.37. The number of carbonyl (C=O) groups excluding carboxylic acids is 1. The summed E-state index contributed by atoms with van der Waals surface area (Å²) in [5.41, 5.74) is 1.19. The molecule has 4 nitrogen and oxygen atoms in total. The topological polar surface area (TPSA) is 47.6 Å². The zero-order valence-corrected chi connectivity index (χ0v) is 11.0. The van der Waals surface area contributed by atoms with E-state index in [9.17, 15) is 4.79 Å². The number of ether oxygens (including phenoxy) is 2. The summed E-state index contributed by atoms with van der Waals surface area (Å²) in [6.45, 7) is 1.45. The van der Waals surface area contributed by atoms with Gasteiger partial charge in [-0.3, -0.25) is 0 Å². The predicted molar refractivity (Wildman–Crippen MR) is 70.3 cm³/mol. The average molecular weight is 270 g/mol. The standard InChI is InChI=1S/C13H16ClNO3/c1-17-13(16)11-5-4-9(14)7-12(11)15-10-3-2-6-18-8-10/h4-5,7,10,15H,2-3,6,8H2,1H3. The number of hydrogen-bond acceptors (Lipinski definition) is 4. The lowest BCUT2D eigenvalue weighted by Crippen LogP contribution is -2.30. The molecule has 1 N–H and O–H groups in total. The molecule has 2 rings (SSSR count). The fourth-order valence-electron chi connectivity index (χ4n) is 2.00.